The molecule has 0 N–H and O–H groups in total. The molecule has 0 aliphatic heterocycles. The van der Waals surface area contributed by atoms with E-state index in [0.29, 0.717) is 0 Å². The quantitative estimate of drug-likeness (QED) is 0.155. The van der Waals surface area contributed by atoms with Crippen LogP contribution in [-0.4, -0.2) is 0 Å². The van der Waals surface area contributed by atoms with Gasteiger partial charge in [-0.05, 0) is 109 Å². The second-order valence-electron chi connectivity index (χ2n) is 13.3. The zero-order valence-electron chi connectivity index (χ0n) is 29.3. The molecular formula is C52H37N. The average molecular weight is 676 g/mol. The Morgan fingerprint density at radius 2 is 0.547 bits per heavy atom. The molecule has 0 saturated carbocycles. The molecule has 0 fully saturated rings. The smallest absolute Gasteiger partial charge is 0.0467 e. The van der Waals surface area contributed by atoms with Gasteiger partial charge < -0.3 is 4.90 Å². The number of hydrogen-bond acceptors (Lipinski definition) is 1. The predicted octanol–water partition coefficient (Wildman–Crippen LogP) is 14.6. The molecule has 0 heterocycles. The van der Waals surface area contributed by atoms with Crippen molar-refractivity contribution in [2.45, 2.75) is 0 Å². The van der Waals surface area contributed by atoms with Crippen LogP contribution in [0.2, 0.25) is 0 Å². The second-order valence-corrected chi connectivity index (χ2v) is 13.3. The minimum atomic E-state index is 1.11. The largest absolute Gasteiger partial charge is 0.310 e. The van der Waals surface area contributed by atoms with Crippen molar-refractivity contribution in [1.82, 2.24) is 0 Å². The molecule has 9 aromatic carbocycles. The lowest BCUT2D eigenvalue weighted by atomic mass is 9.78. The monoisotopic (exact) mass is 675 g/mol. The Kier molecular flexibility index (Phi) is 8.66. The summed E-state index contributed by atoms with van der Waals surface area (Å²) in [6.07, 6.45) is 0. The number of fused-ring (bicyclic) bond motifs is 1. The molecule has 0 aliphatic carbocycles. The first-order valence-corrected chi connectivity index (χ1v) is 18.2. The van der Waals surface area contributed by atoms with E-state index in [4.69, 9.17) is 0 Å². The van der Waals surface area contributed by atoms with Gasteiger partial charge in [0.1, 0.15) is 0 Å². The van der Waals surface area contributed by atoms with E-state index in [1.165, 1.54) is 60.8 Å². The lowest BCUT2D eigenvalue weighted by molar-refractivity contribution is 1.28. The minimum Gasteiger partial charge on any atom is -0.310 e. The molecule has 250 valence electrons. The summed E-state index contributed by atoms with van der Waals surface area (Å²) in [7, 11) is 0. The van der Waals surface area contributed by atoms with Gasteiger partial charge in [-0.25, -0.2) is 0 Å². The van der Waals surface area contributed by atoms with Crippen molar-refractivity contribution < 1.29 is 0 Å². The highest BCUT2D eigenvalue weighted by atomic mass is 15.1. The van der Waals surface area contributed by atoms with Gasteiger partial charge in [0.25, 0.3) is 0 Å². The number of nitrogens with zero attached hydrogens (tertiary/aromatic N) is 1. The zero-order valence-corrected chi connectivity index (χ0v) is 29.3. The summed E-state index contributed by atoms with van der Waals surface area (Å²) >= 11 is 0. The van der Waals surface area contributed by atoms with Crippen LogP contribution in [0.4, 0.5) is 17.1 Å². The van der Waals surface area contributed by atoms with Crippen molar-refractivity contribution in [2.24, 2.45) is 0 Å². The Balaban J connectivity index is 1.35. The molecule has 0 spiro atoms. The van der Waals surface area contributed by atoms with Gasteiger partial charge in [0.2, 0.25) is 0 Å². The van der Waals surface area contributed by atoms with Gasteiger partial charge in [0, 0.05) is 17.1 Å². The van der Waals surface area contributed by atoms with Crippen LogP contribution >= 0.6 is 0 Å². The number of rotatable bonds is 8. The van der Waals surface area contributed by atoms with E-state index >= 15 is 0 Å². The summed E-state index contributed by atoms with van der Waals surface area (Å²) < 4.78 is 0. The fourth-order valence-corrected chi connectivity index (χ4v) is 7.69. The van der Waals surface area contributed by atoms with Gasteiger partial charge in [-0.15, -0.1) is 0 Å². The Bertz CT molecular complexity index is 2580. The van der Waals surface area contributed by atoms with Crippen LogP contribution in [0.1, 0.15) is 0 Å². The van der Waals surface area contributed by atoms with Gasteiger partial charge in [0.15, 0.2) is 0 Å². The van der Waals surface area contributed by atoms with E-state index in [0.717, 1.165) is 22.6 Å². The van der Waals surface area contributed by atoms with Gasteiger partial charge in [-0.2, -0.15) is 0 Å². The molecule has 0 bridgehead atoms. The standard InChI is InChI=1S/C52H37N/c1-7-20-38(21-8-1)49-47-35-34-43(42-28-19-33-46(36-42)53(44-29-15-5-16-30-44)45-31-17-6-18-32-45)37-48(47)50(39-22-9-2-10-23-39)52(41-26-13-4-14-27-41)51(49)40-24-11-3-12-25-40/h1-37H. The summed E-state index contributed by atoms with van der Waals surface area (Å²) in [5.74, 6) is 0. The van der Waals surface area contributed by atoms with Crippen molar-refractivity contribution in [2.75, 3.05) is 4.90 Å². The highest BCUT2D eigenvalue weighted by Crippen LogP contribution is 2.51. The second kappa shape index (κ2) is 14.3. The molecule has 53 heavy (non-hydrogen) atoms. The maximum absolute atomic E-state index is 2.42. The normalized spacial score (nSPS) is 11.0. The van der Waals surface area contributed by atoms with E-state index in [1.807, 2.05) is 0 Å². The van der Waals surface area contributed by atoms with Gasteiger partial charge >= 0.3 is 0 Å². The lowest BCUT2D eigenvalue weighted by Crippen LogP contribution is -2.09. The fourth-order valence-electron chi connectivity index (χ4n) is 7.69. The van der Waals surface area contributed by atoms with E-state index in [-0.39, 0.29) is 0 Å². The molecule has 9 rings (SSSR count). The Morgan fingerprint density at radius 3 is 1.00 bits per heavy atom. The Labute approximate surface area is 311 Å². The maximum atomic E-state index is 2.42. The van der Waals surface area contributed by atoms with Crippen LogP contribution in [0, 0.1) is 0 Å². The summed E-state index contributed by atoms with van der Waals surface area (Å²) in [6.45, 7) is 0. The van der Waals surface area contributed by atoms with Gasteiger partial charge in [-0.1, -0.05) is 182 Å². The Morgan fingerprint density at radius 1 is 0.208 bits per heavy atom. The summed E-state index contributed by atoms with van der Waals surface area (Å²) in [5, 5.41) is 2.45. The average Bonchev–Trinajstić information content (AvgIpc) is 3.25. The molecular weight excluding hydrogens is 639 g/mol. The van der Waals surface area contributed by atoms with E-state index in [9.17, 15) is 0 Å². The van der Waals surface area contributed by atoms with Crippen LogP contribution in [-0.2, 0) is 0 Å². The fraction of sp³-hybridized carbons (Fsp3) is 0. The highest BCUT2D eigenvalue weighted by Gasteiger charge is 2.24. The van der Waals surface area contributed by atoms with E-state index in [1.54, 1.807) is 0 Å². The number of hydrogen-bond donors (Lipinski definition) is 0. The van der Waals surface area contributed by atoms with Crippen LogP contribution in [0.5, 0.6) is 0 Å². The van der Waals surface area contributed by atoms with Crippen molar-refractivity contribution in [1.29, 1.82) is 0 Å². The van der Waals surface area contributed by atoms with E-state index < -0.39 is 0 Å². The van der Waals surface area contributed by atoms with Crippen molar-refractivity contribution >= 4 is 27.8 Å². The van der Waals surface area contributed by atoms with E-state index in [2.05, 4.69) is 229 Å². The van der Waals surface area contributed by atoms with Gasteiger partial charge in [0.05, 0.1) is 0 Å². The van der Waals surface area contributed by atoms with Crippen molar-refractivity contribution in [3.05, 3.63) is 224 Å². The molecule has 0 unspecified atom stereocenters. The van der Waals surface area contributed by atoms with Crippen LogP contribution in [0.3, 0.4) is 0 Å². The molecule has 1 nitrogen and oxygen atoms in total. The molecule has 1 heteroatoms. The SMILES string of the molecule is c1ccc(-c2c(-c3ccccc3)c(-c3ccccc3)c3cc(-c4cccc(N(c5ccccc5)c5ccccc5)c4)ccc3c2-c2ccccc2)cc1. The molecule has 9 aromatic rings. The number of anilines is 3. The number of para-hydroxylation sites is 2. The first-order chi connectivity index (χ1) is 26.3. The third kappa shape index (κ3) is 6.20. The minimum absolute atomic E-state index is 1.11. The molecule has 0 amide bonds. The lowest BCUT2D eigenvalue weighted by Gasteiger charge is -2.26. The van der Waals surface area contributed by atoms with Crippen molar-refractivity contribution in [3.63, 3.8) is 0 Å². The number of benzene rings is 9. The molecule has 0 aliphatic rings. The molecule has 0 aromatic heterocycles. The van der Waals surface area contributed by atoms with Crippen LogP contribution in [0.15, 0.2) is 224 Å². The maximum Gasteiger partial charge on any atom is 0.0467 e. The zero-order chi connectivity index (χ0) is 35.4. The molecule has 0 radical (unpaired) electrons. The predicted molar refractivity (Wildman–Crippen MR) is 226 cm³/mol. The van der Waals surface area contributed by atoms with Crippen molar-refractivity contribution in [3.8, 4) is 55.6 Å². The van der Waals surface area contributed by atoms with Gasteiger partial charge in [-0.3, -0.25) is 0 Å². The highest BCUT2D eigenvalue weighted by molar-refractivity contribution is 6.18. The first-order valence-electron chi connectivity index (χ1n) is 18.2. The summed E-state index contributed by atoms with van der Waals surface area (Å²) in [4.78, 5) is 2.33. The van der Waals surface area contributed by atoms with Crippen LogP contribution in [0.25, 0.3) is 66.4 Å². The summed E-state index contributed by atoms with van der Waals surface area (Å²) in [5.41, 5.74) is 15.4. The molecule has 0 atom stereocenters. The first kappa shape index (κ1) is 32.0. The topological polar surface area (TPSA) is 3.24 Å². The third-order valence-corrected chi connectivity index (χ3v) is 10.0. The van der Waals surface area contributed by atoms with Crippen LogP contribution < -0.4 is 4.90 Å². The third-order valence-electron chi connectivity index (χ3n) is 10.0. The Hall–Kier alpha value is -6.96. The molecule has 0 saturated heterocycles. The summed E-state index contributed by atoms with van der Waals surface area (Å²) in [6, 6.07) is 80.8.